The van der Waals surface area contributed by atoms with Gasteiger partial charge in [-0.05, 0) is 48.9 Å². The first kappa shape index (κ1) is 20.1. The molecule has 0 saturated heterocycles. The summed E-state index contributed by atoms with van der Waals surface area (Å²) < 4.78 is 30.5. The van der Waals surface area contributed by atoms with E-state index in [-0.39, 0.29) is 6.54 Å². The van der Waals surface area contributed by atoms with E-state index < -0.39 is 15.9 Å². The van der Waals surface area contributed by atoms with Crippen molar-refractivity contribution in [2.75, 3.05) is 23.7 Å². The lowest BCUT2D eigenvalue weighted by molar-refractivity contribution is -0.119. The van der Waals surface area contributed by atoms with Crippen molar-refractivity contribution in [3.8, 4) is 5.75 Å². The fourth-order valence-electron chi connectivity index (χ4n) is 2.26. The Balaban J connectivity index is 2.00. The number of nitrogens with zero attached hydrogens (tertiary/aromatic N) is 1. The first-order valence-corrected chi connectivity index (χ1v) is 10.2. The molecule has 0 fully saturated rings. The minimum absolute atomic E-state index is 0.295. The number of sulfonamides is 1. The van der Waals surface area contributed by atoms with E-state index in [1.165, 1.54) is 0 Å². The predicted molar refractivity (Wildman–Crippen MR) is 103 cm³/mol. The number of hydrogen-bond donors (Lipinski definition) is 1. The summed E-state index contributed by atoms with van der Waals surface area (Å²) in [7, 11) is -3.61. The van der Waals surface area contributed by atoms with E-state index in [2.05, 4.69) is 5.32 Å². The van der Waals surface area contributed by atoms with Crippen molar-refractivity contribution in [3.05, 3.63) is 59.1 Å². The normalized spacial score (nSPS) is 11.0. The summed E-state index contributed by atoms with van der Waals surface area (Å²) in [6.07, 6.45) is 1.06. The van der Waals surface area contributed by atoms with Gasteiger partial charge in [-0.25, -0.2) is 8.42 Å². The van der Waals surface area contributed by atoms with Gasteiger partial charge in [-0.3, -0.25) is 9.10 Å². The molecule has 6 nitrogen and oxygen atoms in total. The Morgan fingerprint density at radius 3 is 2.27 bits per heavy atom. The molecule has 1 N–H and O–H groups in total. The Morgan fingerprint density at radius 1 is 1.12 bits per heavy atom. The maximum Gasteiger partial charge on any atom is 0.241 e. The van der Waals surface area contributed by atoms with Crippen LogP contribution in [0.1, 0.15) is 12.5 Å². The number of carbonyl (C=O) groups excluding carboxylic acids is 1. The number of halogens is 1. The lowest BCUT2D eigenvalue weighted by Crippen LogP contribution is -2.40. The van der Waals surface area contributed by atoms with Gasteiger partial charge in [-0.1, -0.05) is 23.7 Å². The summed E-state index contributed by atoms with van der Waals surface area (Å²) in [4.78, 5) is 12.2. The molecule has 0 aromatic heterocycles. The van der Waals surface area contributed by atoms with Crippen LogP contribution in [0.15, 0.2) is 48.5 Å². The third-order valence-electron chi connectivity index (χ3n) is 3.53. The second kappa shape index (κ2) is 8.91. The van der Waals surface area contributed by atoms with E-state index in [0.29, 0.717) is 23.9 Å². The average Bonchev–Trinajstić information content (AvgIpc) is 2.59. The summed E-state index contributed by atoms with van der Waals surface area (Å²) in [5.74, 6) is 0.354. The second-order valence-electron chi connectivity index (χ2n) is 5.60. The standard InChI is InChI=1S/C18H21ClN2O4S/c1-3-25-17-10-4-14(5-11-17)12-20-18(22)13-21(26(2,23)24)16-8-6-15(19)7-9-16/h4-11H,3,12-13H2,1-2H3,(H,20,22). The van der Waals surface area contributed by atoms with Crippen LogP contribution in [0, 0.1) is 0 Å². The molecule has 0 radical (unpaired) electrons. The quantitative estimate of drug-likeness (QED) is 0.744. The number of nitrogens with one attached hydrogen (secondary N) is 1. The van der Waals surface area contributed by atoms with Crippen molar-refractivity contribution in [2.24, 2.45) is 0 Å². The van der Waals surface area contributed by atoms with Crippen LogP contribution in [-0.2, 0) is 21.4 Å². The molecule has 8 heteroatoms. The third kappa shape index (κ3) is 5.93. The molecule has 0 heterocycles. The molecular weight excluding hydrogens is 376 g/mol. The summed E-state index contributed by atoms with van der Waals surface area (Å²) >= 11 is 5.83. The van der Waals surface area contributed by atoms with Crippen molar-refractivity contribution in [2.45, 2.75) is 13.5 Å². The molecule has 0 spiro atoms. The van der Waals surface area contributed by atoms with E-state index >= 15 is 0 Å². The van der Waals surface area contributed by atoms with E-state index in [9.17, 15) is 13.2 Å². The number of amides is 1. The van der Waals surface area contributed by atoms with Crippen molar-refractivity contribution in [1.82, 2.24) is 5.32 Å². The lowest BCUT2D eigenvalue weighted by Gasteiger charge is -2.22. The van der Waals surface area contributed by atoms with Crippen LogP contribution in [0.25, 0.3) is 0 Å². The molecule has 0 bridgehead atoms. The monoisotopic (exact) mass is 396 g/mol. The first-order chi connectivity index (χ1) is 12.3. The van der Waals surface area contributed by atoms with Crippen LogP contribution in [-0.4, -0.2) is 33.7 Å². The smallest absolute Gasteiger partial charge is 0.241 e. The molecule has 1 amide bonds. The first-order valence-electron chi connectivity index (χ1n) is 8.01. The van der Waals surface area contributed by atoms with Crippen LogP contribution in [0.3, 0.4) is 0 Å². The third-order valence-corrected chi connectivity index (χ3v) is 4.92. The van der Waals surface area contributed by atoms with Crippen molar-refractivity contribution < 1.29 is 17.9 Å². The number of carbonyl (C=O) groups is 1. The molecule has 0 aliphatic rings. The van der Waals surface area contributed by atoms with Crippen molar-refractivity contribution in [1.29, 1.82) is 0 Å². The highest BCUT2D eigenvalue weighted by atomic mass is 35.5. The fraction of sp³-hybridized carbons (Fsp3) is 0.278. The number of rotatable bonds is 8. The van der Waals surface area contributed by atoms with Gasteiger partial charge in [0.2, 0.25) is 15.9 Å². The second-order valence-corrected chi connectivity index (χ2v) is 7.94. The Labute approximate surface area is 158 Å². The number of anilines is 1. The van der Waals surface area contributed by atoms with Gasteiger partial charge in [0.15, 0.2) is 0 Å². The van der Waals surface area contributed by atoms with Crippen molar-refractivity contribution >= 4 is 33.2 Å². The summed E-state index contributed by atoms with van der Waals surface area (Å²) in [6.45, 7) is 2.48. The van der Waals surface area contributed by atoms with Crippen LogP contribution < -0.4 is 14.4 Å². The molecule has 0 saturated carbocycles. The van der Waals surface area contributed by atoms with Crippen LogP contribution >= 0.6 is 11.6 Å². The van der Waals surface area contributed by atoms with Gasteiger partial charge in [0.05, 0.1) is 18.6 Å². The molecule has 2 aromatic rings. The lowest BCUT2D eigenvalue weighted by atomic mass is 10.2. The maximum absolute atomic E-state index is 12.2. The summed E-state index contributed by atoms with van der Waals surface area (Å²) in [6, 6.07) is 13.6. The molecule has 0 unspecified atom stereocenters. The Hall–Kier alpha value is -2.25. The number of benzene rings is 2. The minimum Gasteiger partial charge on any atom is -0.494 e. The highest BCUT2D eigenvalue weighted by Gasteiger charge is 2.20. The molecule has 0 atom stereocenters. The Bertz CT molecular complexity index is 836. The minimum atomic E-state index is -3.61. The molecule has 0 aliphatic heterocycles. The predicted octanol–water partition coefficient (Wildman–Crippen LogP) is 2.82. The van der Waals surface area contributed by atoms with Gasteiger partial charge in [-0.2, -0.15) is 0 Å². The SMILES string of the molecule is CCOc1ccc(CNC(=O)CN(c2ccc(Cl)cc2)S(C)(=O)=O)cc1. The topological polar surface area (TPSA) is 75.7 Å². The van der Waals surface area contributed by atoms with E-state index in [1.54, 1.807) is 24.3 Å². The van der Waals surface area contributed by atoms with Crippen LogP contribution in [0.2, 0.25) is 5.02 Å². The van der Waals surface area contributed by atoms with Gasteiger partial charge >= 0.3 is 0 Å². The Morgan fingerprint density at radius 2 is 1.73 bits per heavy atom. The molecular formula is C18H21ClN2O4S. The molecule has 2 aromatic carbocycles. The van der Waals surface area contributed by atoms with Gasteiger partial charge in [-0.15, -0.1) is 0 Å². The zero-order chi connectivity index (χ0) is 19.2. The average molecular weight is 397 g/mol. The summed E-state index contributed by atoms with van der Waals surface area (Å²) in [5, 5.41) is 3.21. The van der Waals surface area contributed by atoms with E-state index in [1.807, 2.05) is 31.2 Å². The van der Waals surface area contributed by atoms with E-state index in [4.69, 9.17) is 16.3 Å². The van der Waals surface area contributed by atoms with Gasteiger partial charge < -0.3 is 10.1 Å². The van der Waals surface area contributed by atoms with Gasteiger partial charge in [0.25, 0.3) is 0 Å². The zero-order valence-electron chi connectivity index (χ0n) is 14.6. The maximum atomic E-state index is 12.2. The molecule has 140 valence electrons. The van der Waals surface area contributed by atoms with Crippen LogP contribution in [0.4, 0.5) is 5.69 Å². The van der Waals surface area contributed by atoms with Crippen molar-refractivity contribution in [3.63, 3.8) is 0 Å². The highest BCUT2D eigenvalue weighted by Crippen LogP contribution is 2.20. The Kier molecular flexibility index (Phi) is 6.88. The summed E-state index contributed by atoms with van der Waals surface area (Å²) in [5.41, 5.74) is 1.27. The van der Waals surface area contributed by atoms with Gasteiger partial charge in [0, 0.05) is 11.6 Å². The molecule has 2 rings (SSSR count). The number of ether oxygens (including phenoxy) is 1. The molecule has 0 aliphatic carbocycles. The fourth-order valence-corrected chi connectivity index (χ4v) is 3.25. The largest absolute Gasteiger partial charge is 0.494 e. The molecule has 26 heavy (non-hydrogen) atoms. The van der Waals surface area contributed by atoms with Gasteiger partial charge in [0.1, 0.15) is 12.3 Å². The van der Waals surface area contributed by atoms with E-state index in [0.717, 1.165) is 21.9 Å². The van der Waals surface area contributed by atoms with Crippen LogP contribution in [0.5, 0.6) is 5.75 Å². The highest BCUT2D eigenvalue weighted by molar-refractivity contribution is 7.92. The zero-order valence-corrected chi connectivity index (χ0v) is 16.2. The number of hydrogen-bond acceptors (Lipinski definition) is 4.